The van der Waals surface area contributed by atoms with Crippen molar-refractivity contribution >= 4 is 17.0 Å². The molecular formula is C17H14N2O4S. The summed E-state index contributed by atoms with van der Waals surface area (Å²) in [6, 6.07) is 13.7. The number of nitro benzene ring substituents is 1. The quantitative estimate of drug-likeness (QED) is 0.493. The van der Waals surface area contributed by atoms with Gasteiger partial charge in [-0.05, 0) is 36.4 Å². The lowest BCUT2D eigenvalue weighted by atomic mass is 10.2. The van der Waals surface area contributed by atoms with Crippen molar-refractivity contribution in [1.29, 1.82) is 0 Å². The van der Waals surface area contributed by atoms with Crippen LogP contribution in [-0.2, 0) is 6.61 Å². The molecular weight excluding hydrogens is 328 g/mol. The molecule has 0 fully saturated rings. The van der Waals surface area contributed by atoms with Gasteiger partial charge in [-0.2, -0.15) is 0 Å². The van der Waals surface area contributed by atoms with Crippen molar-refractivity contribution < 1.29 is 14.4 Å². The van der Waals surface area contributed by atoms with Crippen molar-refractivity contribution in [2.24, 2.45) is 0 Å². The van der Waals surface area contributed by atoms with E-state index in [1.54, 1.807) is 19.2 Å². The third-order valence-electron chi connectivity index (χ3n) is 3.32. The van der Waals surface area contributed by atoms with Crippen molar-refractivity contribution in [2.75, 3.05) is 7.11 Å². The summed E-state index contributed by atoms with van der Waals surface area (Å²) in [6.45, 7) is 0.310. The lowest BCUT2D eigenvalue weighted by Gasteiger charge is -2.03. The predicted octanol–water partition coefficient (Wildman–Crippen LogP) is 4.31. The van der Waals surface area contributed by atoms with E-state index >= 15 is 0 Å². The molecule has 1 aromatic heterocycles. The van der Waals surface area contributed by atoms with E-state index in [2.05, 4.69) is 4.98 Å². The van der Waals surface area contributed by atoms with Gasteiger partial charge in [-0.3, -0.25) is 10.1 Å². The average Bonchev–Trinajstić information content (AvgIpc) is 3.09. The van der Waals surface area contributed by atoms with Crippen molar-refractivity contribution in [2.45, 2.75) is 6.61 Å². The van der Waals surface area contributed by atoms with Crippen LogP contribution in [0, 0.1) is 10.1 Å². The number of aromatic nitrogens is 1. The maximum atomic E-state index is 10.6. The summed E-state index contributed by atoms with van der Waals surface area (Å²) in [6.07, 6.45) is 0. The van der Waals surface area contributed by atoms with Crippen molar-refractivity contribution in [3.05, 3.63) is 69.7 Å². The lowest BCUT2D eigenvalue weighted by Crippen LogP contribution is -1.96. The number of rotatable bonds is 6. The number of nitrogens with zero attached hydrogens (tertiary/aromatic N) is 2. The molecule has 24 heavy (non-hydrogen) atoms. The molecule has 6 nitrogen and oxygen atoms in total. The first-order chi connectivity index (χ1) is 11.7. The second kappa shape index (κ2) is 7.10. The summed E-state index contributed by atoms with van der Waals surface area (Å²) in [5.41, 5.74) is 1.87. The zero-order chi connectivity index (χ0) is 16.9. The molecule has 1 heterocycles. The number of benzene rings is 2. The number of methoxy groups -OCH3 is 1. The van der Waals surface area contributed by atoms with Crippen LogP contribution in [0.25, 0.3) is 10.6 Å². The van der Waals surface area contributed by atoms with E-state index in [4.69, 9.17) is 9.47 Å². The Hall–Kier alpha value is -2.93. The highest BCUT2D eigenvalue weighted by Gasteiger charge is 2.07. The van der Waals surface area contributed by atoms with Crippen molar-refractivity contribution in [1.82, 2.24) is 4.98 Å². The maximum Gasteiger partial charge on any atom is 0.269 e. The van der Waals surface area contributed by atoms with E-state index in [1.807, 2.05) is 29.6 Å². The second-order valence-electron chi connectivity index (χ2n) is 4.91. The molecule has 0 N–H and O–H groups in total. The standard InChI is InChI=1S/C17H14N2O4S/c1-22-15-6-2-12(3-7-15)17-18-13(11-24-17)10-23-16-8-4-14(5-9-16)19(20)21/h2-9,11H,10H2,1H3. The first-order valence-corrected chi connectivity index (χ1v) is 8.00. The molecule has 3 aromatic rings. The van der Waals surface area contributed by atoms with E-state index in [-0.39, 0.29) is 5.69 Å². The SMILES string of the molecule is COc1ccc(-c2nc(COc3ccc([N+](=O)[O-])cc3)cs2)cc1. The van der Waals surface area contributed by atoms with Gasteiger partial charge in [0.05, 0.1) is 17.7 Å². The predicted molar refractivity (Wildman–Crippen MR) is 91.5 cm³/mol. The smallest absolute Gasteiger partial charge is 0.269 e. The van der Waals surface area contributed by atoms with Gasteiger partial charge in [0.25, 0.3) is 5.69 Å². The minimum Gasteiger partial charge on any atom is -0.497 e. The second-order valence-corrected chi connectivity index (χ2v) is 5.77. The molecule has 0 saturated heterocycles. The van der Waals surface area contributed by atoms with Crippen LogP contribution in [0.1, 0.15) is 5.69 Å². The van der Waals surface area contributed by atoms with Crippen LogP contribution in [0.3, 0.4) is 0 Å². The summed E-state index contributed by atoms with van der Waals surface area (Å²) in [5, 5.41) is 13.5. The van der Waals surface area contributed by atoms with Crippen LogP contribution < -0.4 is 9.47 Å². The lowest BCUT2D eigenvalue weighted by molar-refractivity contribution is -0.384. The van der Waals surface area contributed by atoms with Crippen molar-refractivity contribution in [3.8, 4) is 22.1 Å². The molecule has 0 aliphatic carbocycles. The summed E-state index contributed by atoms with van der Waals surface area (Å²) in [5.74, 6) is 1.37. The molecule has 0 spiro atoms. The van der Waals surface area contributed by atoms with E-state index in [0.717, 1.165) is 22.0 Å². The summed E-state index contributed by atoms with van der Waals surface area (Å²) in [4.78, 5) is 14.7. The Morgan fingerprint density at radius 3 is 2.38 bits per heavy atom. The number of hydrogen-bond acceptors (Lipinski definition) is 6. The number of ether oxygens (including phenoxy) is 2. The van der Waals surface area contributed by atoms with Gasteiger partial charge in [-0.25, -0.2) is 4.98 Å². The molecule has 3 rings (SSSR count). The van der Waals surface area contributed by atoms with Crippen LogP contribution in [0.15, 0.2) is 53.9 Å². The zero-order valence-electron chi connectivity index (χ0n) is 12.8. The van der Waals surface area contributed by atoms with Crippen LogP contribution in [0.2, 0.25) is 0 Å². The largest absolute Gasteiger partial charge is 0.497 e. The van der Waals surface area contributed by atoms with Gasteiger partial charge in [-0.15, -0.1) is 11.3 Å². The summed E-state index contributed by atoms with van der Waals surface area (Å²) < 4.78 is 10.8. The fraction of sp³-hybridized carbons (Fsp3) is 0.118. The first-order valence-electron chi connectivity index (χ1n) is 7.12. The molecule has 0 radical (unpaired) electrons. The first kappa shape index (κ1) is 15.9. The van der Waals surface area contributed by atoms with E-state index in [1.165, 1.54) is 23.5 Å². The molecule has 2 aromatic carbocycles. The third kappa shape index (κ3) is 3.69. The van der Waals surface area contributed by atoms with E-state index in [9.17, 15) is 10.1 Å². The highest BCUT2D eigenvalue weighted by atomic mass is 32.1. The van der Waals surface area contributed by atoms with Gasteiger partial charge < -0.3 is 9.47 Å². The number of non-ortho nitro benzene ring substituents is 1. The minimum atomic E-state index is -0.439. The third-order valence-corrected chi connectivity index (χ3v) is 4.26. The number of thiazole rings is 1. The van der Waals surface area contributed by atoms with Crippen molar-refractivity contribution in [3.63, 3.8) is 0 Å². The Kier molecular flexibility index (Phi) is 4.72. The average molecular weight is 342 g/mol. The molecule has 0 saturated carbocycles. The Morgan fingerprint density at radius 2 is 1.75 bits per heavy atom. The Labute approximate surface area is 142 Å². The van der Waals surface area contributed by atoms with Gasteiger partial charge in [0.2, 0.25) is 0 Å². The van der Waals surface area contributed by atoms with Crippen LogP contribution in [0.5, 0.6) is 11.5 Å². The number of nitro groups is 1. The molecule has 0 bridgehead atoms. The van der Waals surface area contributed by atoms with Gasteiger partial charge in [0, 0.05) is 23.1 Å². The highest BCUT2D eigenvalue weighted by Crippen LogP contribution is 2.26. The summed E-state index contributed by atoms with van der Waals surface area (Å²) >= 11 is 1.54. The molecule has 7 heteroatoms. The maximum absolute atomic E-state index is 10.6. The summed E-state index contributed by atoms with van der Waals surface area (Å²) in [7, 11) is 1.63. The van der Waals surface area contributed by atoms with Gasteiger partial charge >= 0.3 is 0 Å². The molecule has 0 unspecified atom stereocenters. The number of hydrogen-bond donors (Lipinski definition) is 0. The molecule has 122 valence electrons. The molecule has 0 aliphatic heterocycles. The van der Waals surface area contributed by atoms with Gasteiger partial charge in [0.15, 0.2) is 0 Å². The van der Waals surface area contributed by atoms with E-state index in [0.29, 0.717) is 12.4 Å². The van der Waals surface area contributed by atoms with Crippen LogP contribution >= 0.6 is 11.3 Å². The normalized spacial score (nSPS) is 10.4. The zero-order valence-corrected chi connectivity index (χ0v) is 13.7. The monoisotopic (exact) mass is 342 g/mol. The van der Waals surface area contributed by atoms with Crippen LogP contribution in [0.4, 0.5) is 5.69 Å². The van der Waals surface area contributed by atoms with Gasteiger partial charge in [-0.1, -0.05) is 0 Å². The Morgan fingerprint density at radius 1 is 1.08 bits per heavy atom. The Balaban J connectivity index is 1.64. The fourth-order valence-corrected chi connectivity index (χ4v) is 2.87. The topological polar surface area (TPSA) is 74.5 Å². The minimum absolute atomic E-state index is 0.0396. The van der Waals surface area contributed by atoms with E-state index < -0.39 is 4.92 Å². The molecule has 0 amide bonds. The van der Waals surface area contributed by atoms with Crippen LogP contribution in [-0.4, -0.2) is 17.0 Å². The van der Waals surface area contributed by atoms with Gasteiger partial charge in [0.1, 0.15) is 23.1 Å². The molecule has 0 atom stereocenters. The Bertz CT molecular complexity index is 829. The fourth-order valence-electron chi connectivity index (χ4n) is 2.06. The highest BCUT2D eigenvalue weighted by molar-refractivity contribution is 7.13. The molecule has 0 aliphatic rings.